The van der Waals surface area contributed by atoms with Crippen LogP contribution in [-0.2, 0) is 80.5 Å². The normalized spacial score (nSPS) is 18.0. The van der Waals surface area contributed by atoms with Gasteiger partial charge in [0.1, 0.15) is 83.3 Å². The highest BCUT2D eigenvalue weighted by Gasteiger charge is 2.68. The molecular formula is C68H50Cl2F18N18O6S2. The Morgan fingerprint density at radius 1 is 0.526 bits per heavy atom. The van der Waals surface area contributed by atoms with Gasteiger partial charge < -0.3 is 10.6 Å². The predicted octanol–water partition coefficient (Wildman–Crippen LogP) is 14.6. The van der Waals surface area contributed by atoms with Crippen LogP contribution in [0.5, 0.6) is 0 Å². The van der Waals surface area contributed by atoms with Crippen molar-refractivity contribution in [1.29, 1.82) is 0 Å². The molecular weight excluding hydrogens is 1640 g/mol. The number of anilines is 2. The maximum Gasteiger partial charge on any atom is 0.408 e. The van der Waals surface area contributed by atoms with Gasteiger partial charge in [-0.15, -0.1) is 0 Å². The van der Waals surface area contributed by atoms with Gasteiger partial charge in [0.05, 0.1) is 91.3 Å². The van der Waals surface area contributed by atoms with E-state index in [9.17, 15) is 87.9 Å². The van der Waals surface area contributed by atoms with Crippen LogP contribution in [-0.4, -0.2) is 123 Å². The lowest BCUT2D eigenvalue weighted by atomic mass is 9.93. The minimum atomic E-state index is -4.90. The van der Waals surface area contributed by atoms with Crippen LogP contribution in [0.4, 0.5) is 90.7 Å². The van der Waals surface area contributed by atoms with Gasteiger partial charge in [0.15, 0.2) is 11.6 Å². The molecule has 4 aromatic carbocycles. The van der Waals surface area contributed by atoms with Crippen molar-refractivity contribution in [3.8, 4) is 22.3 Å². The molecule has 8 aromatic heterocycles. The maximum absolute atomic E-state index is 15.3. The number of benzene rings is 4. The first kappa shape index (κ1) is 78.5. The van der Waals surface area contributed by atoms with Crippen LogP contribution in [0, 0.1) is 35.1 Å². The number of amides is 2. The van der Waals surface area contributed by atoms with Gasteiger partial charge in [0.2, 0.25) is 31.9 Å². The van der Waals surface area contributed by atoms with Crippen LogP contribution in [0.1, 0.15) is 106 Å². The summed E-state index contributed by atoms with van der Waals surface area (Å²) < 4.78 is 314. The number of pyridine rings is 2. The third-order valence-electron chi connectivity index (χ3n) is 19.4. The highest BCUT2D eigenvalue weighted by molar-refractivity contribution is 7.92. The molecule has 24 nitrogen and oxygen atoms in total. The Kier molecular flexibility index (Phi) is 19.3. The van der Waals surface area contributed by atoms with Crippen molar-refractivity contribution in [2.45, 2.75) is 113 Å². The number of H-pyrrole nitrogens is 2. The third-order valence-corrected chi connectivity index (χ3v) is 21.1. The number of sulfonamides is 2. The number of aromatic nitrogens is 14. The van der Waals surface area contributed by atoms with Gasteiger partial charge in [-0.05, 0) is 97.2 Å². The fraction of sp³-hybridized carbons (Fsp3) is 0.324. The lowest BCUT2D eigenvalue weighted by Gasteiger charge is -2.23. The van der Waals surface area contributed by atoms with E-state index in [1.807, 2.05) is 0 Å². The number of halogens is 20. The van der Waals surface area contributed by atoms with Crippen LogP contribution < -0.4 is 20.1 Å². The summed E-state index contributed by atoms with van der Waals surface area (Å²) in [5.74, 6) is -18.6. The largest absolute Gasteiger partial charge is 0.408 e. The molecule has 6 atom stereocenters. The highest BCUT2D eigenvalue weighted by atomic mass is 35.5. The van der Waals surface area contributed by atoms with Gasteiger partial charge >= 0.3 is 12.4 Å². The van der Waals surface area contributed by atoms with Gasteiger partial charge in [-0.3, -0.25) is 48.0 Å². The third kappa shape index (κ3) is 15.1. The Morgan fingerprint density at radius 2 is 0.886 bits per heavy atom. The first-order valence-corrected chi connectivity index (χ1v) is 38.1. The molecule has 0 saturated heterocycles. The molecule has 0 spiro atoms. The molecule has 0 bridgehead atoms. The SMILES string of the molecule is CS(=O)(=O)Nc1nn(CC(F)(F)F)c2c(-c3cc4[nH]ncc4nc3C(Cc3cc(F)cc(F)c3)NC(=O)Cn3nc(C(F)F)c4c3C(F)(F)[C@@H]3C[C@H]43)ccc(Cl)c12.CS(=O)(=O)Nc1nn(CC(F)(F)F)c2c(-c3cc4[nH]ncc4nc3[C@H](Cc3cc(F)cc(F)c3)NC(=O)Cn3nc(C(F)F)c4c3C(F)(F)[C@@H]3C[C@H]43)ccc(Cl)c12. The van der Waals surface area contributed by atoms with E-state index in [0.717, 1.165) is 36.8 Å². The number of aromatic amines is 2. The molecule has 4 aliphatic rings. The molecule has 0 aliphatic heterocycles. The summed E-state index contributed by atoms with van der Waals surface area (Å²) >= 11 is 12.9. The van der Waals surface area contributed by atoms with Crippen LogP contribution in [0.15, 0.2) is 85.2 Å². The number of hydrogen-bond acceptors (Lipinski definition) is 14. The molecule has 16 rings (SSSR count). The summed E-state index contributed by atoms with van der Waals surface area (Å²) in [7, 11) is -8.26. The van der Waals surface area contributed by atoms with Gasteiger partial charge in [0.25, 0.3) is 24.7 Å². The van der Waals surface area contributed by atoms with E-state index >= 15 is 17.6 Å². The van der Waals surface area contributed by atoms with Crippen molar-refractivity contribution in [1.82, 2.24) is 80.1 Å². The van der Waals surface area contributed by atoms with E-state index < -0.39 is 201 Å². The second-order valence-corrected chi connectivity index (χ2v) is 31.9. The van der Waals surface area contributed by atoms with Crippen molar-refractivity contribution < 1.29 is 105 Å². The number of hydrogen-bond donors (Lipinski definition) is 6. The Balaban J connectivity index is 0.000000180. The average molecular weight is 1690 g/mol. The number of nitrogens with one attached hydrogen (secondary N) is 6. The fourth-order valence-corrected chi connectivity index (χ4v) is 16.5. The lowest BCUT2D eigenvalue weighted by molar-refractivity contribution is -0.142. The Hall–Kier alpha value is -10.8. The summed E-state index contributed by atoms with van der Waals surface area (Å²) in [5, 5.41) is 32.5. The molecule has 6 N–H and O–H groups in total. The number of carbonyl (C=O) groups excluding carboxylic acids is 2. The van der Waals surface area contributed by atoms with Crippen molar-refractivity contribution >= 4 is 111 Å². The van der Waals surface area contributed by atoms with Crippen molar-refractivity contribution in [2.75, 3.05) is 22.0 Å². The first-order chi connectivity index (χ1) is 53.4. The zero-order chi connectivity index (χ0) is 81.9. The van der Waals surface area contributed by atoms with Crippen LogP contribution in [0.25, 0.3) is 66.1 Å². The highest BCUT2D eigenvalue weighted by Crippen LogP contribution is 2.69. The lowest BCUT2D eigenvalue weighted by Crippen LogP contribution is -2.35. The van der Waals surface area contributed by atoms with Crippen LogP contribution in [0.2, 0.25) is 10.0 Å². The van der Waals surface area contributed by atoms with Crippen molar-refractivity contribution in [2.24, 2.45) is 11.8 Å². The number of nitrogens with zero attached hydrogens (tertiary/aromatic N) is 12. The minimum absolute atomic E-state index is 0.0273. The van der Waals surface area contributed by atoms with E-state index in [1.54, 1.807) is 0 Å². The molecule has 4 aliphatic carbocycles. The number of fused-ring (bicyclic) bond motifs is 10. The van der Waals surface area contributed by atoms with Crippen LogP contribution in [0.3, 0.4) is 0 Å². The molecule has 600 valence electrons. The molecule has 0 radical (unpaired) electrons. The van der Waals surface area contributed by atoms with Crippen molar-refractivity contribution in [3.63, 3.8) is 0 Å². The minimum Gasteiger partial charge on any atom is -0.346 e. The monoisotopic (exact) mass is 1690 g/mol. The first-order valence-electron chi connectivity index (χ1n) is 33.5. The number of carbonyl (C=O) groups is 2. The molecule has 2 fully saturated rings. The number of rotatable bonds is 22. The molecule has 2 amide bonds. The Labute approximate surface area is 637 Å². The summed E-state index contributed by atoms with van der Waals surface area (Å²) in [6.45, 7) is -5.49. The Bertz CT molecular complexity index is 5790. The smallest absolute Gasteiger partial charge is 0.346 e. The van der Waals surface area contributed by atoms with Gasteiger partial charge in [-0.1, -0.05) is 35.3 Å². The summed E-state index contributed by atoms with van der Waals surface area (Å²) in [6, 6.07) is 9.75. The van der Waals surface area contributed by atoms with Gasteiger partial charge in [-0.2, -0.15) is 74.5 Å². The van der Waals surface area contributed by atoms with E-state index in [0.29, 0.717) is 30.9 Å². The number of alkyl halides is 14. The topological polar surface area (TPSA) is 305 Å². The second-order valence-electron chi connectivity index (χ2n) is 27.6. The summed E-state index contributed by atoms with van der Waals surface area (Å²) in [6.07, 6.45) is -13.2. The summed E-state index contributed by atoms with van der Waals surface area (Å²) in [4.78, 5) is 36.9. The Morgan fingerprint density at radius 3 is 1.22 bits per heavy atom. The summed E-state index contributed by atoms with van der Waals surface area (Å²) in [5.41, 5.74) is -4.76. The van der Waals surface area contributed by atoms with Gasteiger partial charge in [-0.25, -0.2) is 61.9 Å². The second kappa shape index (κ2) is 28.1. The molecule has 8 heterocycles. The van der Waals surface area contributed by atoms with E-state index in [4.69, 9.17) is 23.2 Å². The molecule has 114 heavy (non-hydrogen) atoms. The molecule has 1 unspecified atom stereocenters. The van der Waals surface area contributed by atoms with E-state index in [1.165, 1.54) is 48.8 Å². The molecule has 2 saturated carbocycles. The maximum atomic E-state index is 15.3. The average Bonchev–Trinajstić information content (AvgIpc) is 1.52. The van der Waals surface area contributed by atoms with Gasteiger partial charge in [0, 0.05) is 57.3 Å². The quantitative estimate of drug-likeness (QED) is 0.0344. The fourth-order valence-electron chi connectivity index (χ4n) is 15.1. The van der Waals surface area contributed by atoms with E-state index in [-0.39, 0.29) is 123 Å². The van der Waals surface area contributed by atoms with Crippen LogP contribution >= 0.6 is 23.2 Å². The standard InChI is InChI=1S/2C34H25ClF9N9O3S/c2*1-57(55,56)51-32-26-20(35)3-2-16(29(26)53(50-32)12-33(40,41)42)17-9-21-23(10-45-48-21)47-27(17)22(6-13-4-14(36)7-15(37)5-13)46-24(54)11-52-30-25(28(49-52)31(38)39)18-8-19(18)34(30,43)44/h2*2-5,7,9-10,18-19,22,31H,6,8,11-12H2,1H3,(H,45,48)(H,46,54)(H,50,51)/t18-,19+,22?;18-,19+,22-/m00/s1. The zero-order valence-electron chi connectivity index (χ0n) is 57.6. The zero-order valence-corrected chi connectivity index (χ0v) is 60.7. The van der Waals surface area contributed by atoms with Crippen molar-refractivity contribution in [3.05, 3.63) is 175 Å². The predicted molar refractivity (Wildman–Crippen MR) is 370 cm³/mol. The molecule has 12 aromatic rings. The molecule has 46 heteroatoms. The van der Waals surface area contributed by atoms with E-state index in [2.05, 4.69) is 70.8 Å².